The van der Waals surface area contributed by atoms with Crippen molar-refractivity contribution in [3.8, 4) is 11.5 Å². The molecular weight excluding hydrogens is 310 g/mol. The Balaban J connectivity index is 1.35. The van der Waals surface area contributed by atoms with E-state index in [1.165, 1.54) is 19.3 Å². The molecule has 2 aliphatic rings. The number of urea groups is 1. The van der Waals surface area contributed by atoms with Crippen molar-refractivity contribution in [3.05, 3.63) is 18.2 Å². The van der Waals surface area contributed by atoms with Crippen molar-refractivity contribution < 1.29 is 19.1 Å². The number of fused-ring (bicyclic) bond motifs is 1. The van der Waals surface area contributed by atoms with Gasteiger partial charge in [-0.05, 0) is 25.0 Å². The lowest BCUT2D eigenvalue weighted by atomic mass is 9.96. The maximum atomic E-state index is 11.9. The molecule has 0 spiro atoms. The molecule has 1 aromatic rings. The number of amides is 3. The molecule has 1 aliphatic carbocycles. The van der Waals surface area contributed by atoms with Crippen molar-refractivity contribution in [1.29, 1.82) is 0 Å². The zero-order valence-corrected chi connectivity index (χ0v) is 13.6. The van der Waals surface area contributed by atoms with Gasteiger partial charge >= 0.3 is 6.03 Å². The second-order valence-electron chi connectivity index (χ2n) is 6.10. The first-order valence-electron chi connectivity index (χ1n) is 8.44. The first-order chi connectivity index (χ1) is 11.7. The predicted molar refractivity (Wildman–Crippen MR) is 89.2 cm³/mol. The largest absolute Gasteiger partial charge is 0.454 e. The van der Waals surface area contributed by atoms with Crippen LogP contribution >= 0.6 is 0 Å². The molecule has 7 heteroatoms. The molecule has 0 aromatic heterocycles. The Bertz CT molecular complexity index is 599. The average Bonchev–Trinajstić information content (AvgIpc) is 3.03. The normalized spacial score (nSPS) is 16.5. The molecule has 24 heavy (non-hydrogen) atoms. The minimum Gasteiger partial charge on any atom is -0.454 e. The monoisotopic (exact) mass is 333 g/mol. The van der Waals surface area contributed by atoms with E-state index in [4.69, 9.17) is 9.47 Å². The van der Waals surface area contributed by atoms with Crippen LogP contribution in [0.25, 0.3) is 0 Å². The SMILES string of the molecule is O=C(CCNC(=O)NC1CCCCC1)Nc1ccc2c(c1)OCO2. The van der Waals surface area contributed by atoms with Gasteiger partial charge < -0.3 is 25.4 Å². The summed E-state index contributed by atoms with van der Waals surface area (Å²) in [6, 6.07) is 5.31. The van der Waals surface area contributed by atoms with Crippen molar-refractivity contribution in [3.63, 3.8) is 0 Å². The van der Waals surface area contributed by atoms with E-state index in [2.05, 4.69) is 16.0 Å². The fourth-order valence-corrected chi connectivity index (χ4v) is 2.97. The number of hydrogen-bond acceptors (Lipinski definition) is 4. The Kier molecular flexibility index (Phi) is 5.40. The van der Waals surface area contributed by atoms with Gasteiger partial charge in [-0.1, -0.05) is 19.3 Å². The Labute approximate surface area is 141 Å². The molecule has 3 N–H and O–H groups in total. The topological polar surface area (TPSA) is 88.7 Å². The molecule has 130 valence electrons. The van der Waals surface area contributed by atoms with E-state index in [0.717, 1.165) is 12.8 Å². The highest BCUT2D eigenvalue weighted by molar-refractivity contribution is 5.91. The summed E-state index contributed by atoms with van der Waals surface area (Å²) in [5.41, 5.74) is 0.649. The molecule has 0 radical (unpaired) electrons. The molecule has 1 aliphatic heterocycles. The summed E-state index contributed by atoms with van der Waals surface area (Å²) < 4.78 is 10.5. The summed E-state index contributed by atoms with van der Waals surface area (Å²) in [4.78, 5) is 23.7. The lowest BCUT2D eigenvalue weighted by molar-refractivity contribution is -0.116. The molecule has 0 unspecified atom stereocenters. The number of hydrogen-bond donors (Lipinski definition) is 3. The molecule has 7 nitrogen and oxygen atoms in total. The maximum absolute atomic E-state index is 11.9. The third kappa shape index (κ3) is 4.53. The van der Waals surface area contributed by atoms with Crippen LogP contribution in [0.3, 0.4) is 0 Å². The van der Waals surface area contributed by atoms with Gasteiger partial charge in [0, 0.05) is 30.8 Å². The lowest BCUT2D eigenvalue weighted by Gasteiger charge is -2.22. The number of nitrogens with one attached hydrogen (secondary N) is 3. The van der Waals surface area contributed by atoms with Crippen LogP contribution in [0.1, 0.15) is 38.5 Å². The molecule has 3 amide bonds. The molecular formula is C17H23N3O4. The molecule has 0 bridgehead atoms. The van der Waals surface area contributed by atoms with E-state index in [-0.39, 0.29) is 31.2 Å². The Morgan fingerprint density at radius 2 is 1.88 bits per heavy atom. The van der Waals surface area contributed by atoms with Gasteiger partial charge in [-0.25, -0.2) is 4.79 Å². The van der Waals surface area contributed by atoms with Gasteiger partial charge in [0.2, 0.25) is 12.7 Å². The molecule has 1 heterocycles. The highest BCUT2D eigenvalue weighted by atomic mass is 16.7. The van der Waals surface area contributed by atoms with Gasteiger partial charge in [-0.2, -0.15) is 0 Å². The van der Waals surface area contributed by atoms with E-state index in [9.17, 15) is 9.59 Å². The Hall–Kier alpha value is -2.44. The van der Waals surface area contributed by atoms with Gasteiger partial charge in [0.05, 0.1) is 0 Å². The smallest absolute Gasteiger partial charge is 0.315 e. The molecule has 3 rings (SSSR count). The molecule has 1 aromatic carbocycles. The van der Waals surface area contributed by atoms with E-state index in [1.807, 2.05) is 0 Å². The van der Waals surface area contributed by atoms with E-state index in [0.29, 0.717) is 23.7 Å². The van der Waals surface area contributed by atoms with Crippen LogP contribution in [0.5, 0.6) is 11.5 Å². The van der Waals surface area contributed by atoms with Gasteiger partial charge in [0.25, 0.3) is 0 Å². The first-order valence-corrected chi connectivity index (χ1v) is 8.44. The highest BCUT2D eigenvalue weighted by Gasteiger charge is 2.16. The minimum absolute atomic E-state index is 0.160. The van der Waals surface area contributed by atoms with Crippen molar-refractivity contribution in [2.24, 2.45) is 0 Å². The minimum atomic E-state index is -0.197. The number of rotatable bonds is 5. The fourth-order valence-electron chi connectivity index (χ4n) is 2.97. The summed E-state index contributed by atoms with van der Waals surface area (Å²) in [7, 11) is 0. The zero-order chi connectivity index (χ0) is 16.8. The van der Waals surface area contributed by atoms with E-state index in [1.54, 1.807) is 18.2 Å². The summed E-state index contributed by atoms with van der Waals surface area (Å²) >= 11 is 0. The van der Waals surface area contributed by atoms with Crippen LogP contribution in [-0.2, 0) is 4.79 Å². The fraction of sp³-hybridized carbons (Fsp3) is 0.529. The third-order valence-corrected chi connectivity index (χ3v) is 4.23. The lowest BCUT2D eigenvalue weighted by Crippen LogP contribution is -2.43. The Morgan fingerprint density at radius 1 is 1.08 bits per heavy atom. The van der Waals surface area contributed by atoms with Crippen LogP contribution in [0.2, 0.25) is 0 Å². The summed E-state index contributed by atoms with van der Waals surface area (Å²) in [5, 5.41) is 8.47. The van der Waals surface area contributed by atoms with Gasteiger partial charge in [-0.15, -0.1) is 0 Å². The van der Waals surface area contributed by atoms with Crippen molar-refractivity contribution in [2.45, 2.75) is 44.6 Å². The zero-order valence-electron chi connectivity index (χ0n) is 13.6. The number of carbonyl (C=O) groups is 2. The summed E-state index contributed by atoms with van der Waals surface area (Å²) in [6.07, 6.45) is 5.88. The first kappa shape index (κ1) is 16.4. The van der Waals surface area contributed by atoms with Gasteiger partial charge in [-0.3, -0.25) is 4.79 Å². The van der Waals surface area contributed by atoms with Crippen molar-refractivity contribution in [1.82, 2.24) is 10.6 Å². The Morgan fingerprint density at radius 3 is 2.71 bits per heavy atom. The quantitative estimate of drug-likeness (QED) is 0.772. The summed E-state index contributed by atoms with van der Waals surface area (Å²) in [6.45, 7) is 0.502. The number of anilines is 1. The molecule has 0 saturated heterocycles. The molecule has 1 fully saturated rings. The van der Waals surface area contributed by atoms with Crippen LogP contribution in [0.15, 0.2) is 18.2 Å². The summed E-state index contributed by atoms with van der Waals surface area (Å²) in [5.74, 6) is 1.14. The highest BCUT2D eigenvalue weighted by Crippen LogP contribution is 2.34. The van der Waals surface area contributed by atoms with E-state index < -0.39 is 0 Å². The standard InChI is InChI=1S/C17H23N3O4/c21-16(19-13-6-7-14-15(10-13)24-11-23-14)8-9-18-17(22)20-12-4-2-1-3-5-12/h6-7,10,12H,1-5,8-9,11H2,(H,19,21)(H2,18,20,22). The van der Waals surface area contributed by atoms with Crippen LogP contribution in [0, 0.1) is 0 Å². The van der Waals surface area contributed by atoms with Crippen LogP contribution < -0.4 is 25.4 Å². The number of carbonyl (C=O) groups excluding carboxylic acids is 2. The second kappa shape index (κ2) is 7.90. The van der Waals surface area contributed by atoms with Gasteiger partial charge in [0.1, 0.15) is 0 Å². The predicted octanol–water partition coefficient (Wildman–Crippen LogP) is 2.38. The third-order valence-electron chi connectivity index (χ3n) is 4.23. The average molecular weight is 333 g/mol. The maximum Gasteiger partial charge on any atom is 0.315 e. The molecule has 0 atom stereocenters. The number of ether oxygens (including phenoxy) is 2. The van der Waals surface area contributed by atoms with Crippen LogP contribution in [0.4, 0.5) is 10.5 Å². The number of benzene rings is 1. The van der Waals surface area contributed by atoms with Crippen molar-refractivity contribution in [2.75, 3.05) is 18.7 Å². The molecule has 1 saturated carbocycles. The second-order valence-corrected chi connectivity index (χ2v) is 6.10. The van der Waals surface area contributed by atoms with Crippen molar-refractivity contribution >= 4 is 17.6 Å². The van der Waals surface area contributed by atoms with E-state index >= 15 is 0 Å². The van der Waals surface area contributed by atoms with Crippen LogP contribution in [-0.4, -0.2) is 31.3 Å². The van der Waals surface area contributed by atoms with Gasteiger partial charge in [0.15, 0.2) is 11.5 Å².